The lowest BCUT2D eigenvalue weighted by Crippen LogP contribution is -2.04. The third-order valence-electron chi connectivity index (χ3n) is 2.59. The summed E-state index contributed by atoms with van der Waals surface area (Å²) in [4.78, 5) is 0. The number of benzene rings is 1. The highest BCUT2D eigenvalue weighted by molar-refractivity contribution is 6.18. The molecule has 0 aliphatic carbocycles. The minimum Gasteiger partial charge on any atom is -0.492 e. The highest BCUT2D eigenvalue weighted by Gasteiger charge is 2.26. The Kier molecular flexibility index (Phi) is 5.69. The molecule has 0 aliphatic rings. The van der Waals surface area contributed by atoms with Crippen molar-refractivity contribution in [3.8, 4) is 23.0 Å². The van der Waals surface area contributed by atoms with Gasteiger partial charge in [0.15, 0.2) is 23.0 Å². The van der Waals surface area contributed by atoms with Gasteiger partial charge in [-0.2, -0.15) is 0 Å². The minimum absolute atomic E-state index is 0.210. The van der Waals surface area contributed by atoms with Crippen molar-refractivity contribution in [3.05, 3.63) is 11.1 Å². The zero-order chi connectivity index (χ0) is 13.7. The van der Waals surface area contributed by atoms with Gasteiger partial charge in [0, 0.05) is 0 Å². The van der Waals surface area contributed by atoms with Crippen molar-refractivity contribution in [2.24, 2.45) is 0 Å². The molecule has 0 aromatic heterocycles. The van der Waals surface area contributed by atoms with Crippen molar-refractivity contribution in [2.75, 3.05) is 28.4 Å². The molecule has 0 aliphatic heterocycles. The van der Waals surface area contributed by atoms with Crippen LogP contribution in [0.4, 0.5) is 0 Å². The molecule has 0 heterocycles. The molecule has 1 rings (SSSR count). The largest absolute Gasteiger partial charge is 0.492 e. The first kappa shape index (κ1) is 15.1. The molecule has 6 heteroatoms. The average Bonchev–Trinajstić information content (AvgIpc) is 2.43. The maximum absolute atomic E-state index is 5.94. The molecule has 0 saturated heterocycles. The number of hydrogen-bond donors (Lipinski definition) is 0. The summed E-state index contributed by atoms with van der Waals surface area (Å²) in [5.41, 5.74) is 1.34. The molecular formula is C12H16Cl2O4. The second-order valence-electron chi connectivity index (χ2n) is 3.36. The highest BCUT2D eigenvalue weighted by Crippen LogP contribution is 2.49. The van der Waals surface area contributed by atoms with E-state index in [1.807, 2.05) is 0 Å². The van der Waals surface area contributed by atoms with Crippen molar-refractivity contribution < 1.29 is 18.9 Å². The van der Waals surface area contributed by atoms with Crippen LogP contribution in [-0.2, 0) is 11.8 Å². The van der Waals surface area contributed by atoms with E-state index < -0.39 is 0 Å². The quantitative estimate of drug-likeness (QED) is 0.755. The summed E-state index contributed by atoms with van der Waals surface area (Å²) in [5, 5.41) is 0. The summed E-state index contributed by atoms with van der Waals surface area (Å²) in [6.45, 7) is 0. The Morgan fingerprint density at radius 3 is 0.944 bits per heavy atom. The minimum atomic E-state index is 0.210. The van der Waals surface area contributed by atoms with Crippen molar-refractivity contribution in [1.29, 1.82) is 0 Å². The Bertz CT molecular complexity index is 301. The predicted molar refractivity (Wildman–Crippen MR) is 71.8 cm³/mol. The van der Waals surface area contributed by atoms with E-state index >= 15 is 0 Å². The summed E-state index contributed by atoms with van der Waals surface area (Å²) in [5.74, 6) is 2.48. The topological polar surface area (TPSA) is 36.9 Å². The van der Waals surface area contributed by atoms with Crippen molar-refractivity contribution in [3.63, 3.8) is 0 Å². The SMILES string of the molecule is COc1c(CCl)c(OC)c(OC)c(CCl)c1OC. The van der Waals surface area contributed by atoms with Gasteiger partial charge < -0.3 is 18.9 Å². The van der Waals surface area contributed by atoms with Gasteiger partial charge in [-0.15, -0.1) is 23.2 Å². The maximum atomic E-state index is 5.94. The second kappa shape index (κ2) is 6.81. The van der Waals surface area contributed by atoms with Crippen LogP contribution in [0, 0.1) is 0 Å². The van der Waals surface area contributed by atoms with Crippen LogP contribution in [0.1, 0.15) is 11.1 Å². The Labute approximate surface area is 117 Å². The fraction of sp³-hybridized carbons (Fsp3) is 0.500. The standard InChI is InChI=1S/C12H16Cl2O4/c1-15-9-7(5-13)11(17-3)12(18-4)8(6-14)10(9)16-2/h5-6H2,1-4H3. The summed E-state index contributed by atoms with van der Waals surface area (Å²) in [6, 6.07) is 0. The van der Waals surface area contributed by atoms with Gasteiger partial charge in [0.2, 0.25) is 0 Å². The van der Waals surface area contributed by atoms with Gasteiger partial charge in [-0.05, 0) is 0 Å². The van der Waals surface area contributed by atoms with E-state index in [-0.39, 0.29) is 11.8 Å². The van der Waals surface area contributed by atoms with Crippen LogP contribution in [-0.4, -0.2) is 28.4 Å². The summed E-state index contributed by atoms with van der Waals surface area (Å²) >= 11 is 11.9. The maximum Gasteiger partial charge on any atom is 0.169 e. The van der Waals surface area contributed by atoms with E-state index in [9.17, 15) is 0 Å². The van der Waals surface area contributed by atoms with Crippen LogP contribution in [0.3, 0.4) is 0 Å². The number of ether oxygens (including phenoxy) is 4. The molecule has 0 amide bonds. The molecule has 1 aromatic rings. The van der Waals surface area contributed by atoms with Crippen LogP contribution >= 0.6 is 23.2 Å². The molecule has 0 bridgehead atoms. The second-order valence-corrected chi connectivity index (χ2v) is 3.89. The van der Waals surface area contributed by atoms with Crippen LogP contribution in [0.2, 0.25) is 0 Å². The monoisotopic (exact) mass is 294 g/mol. The van der Waals surface area contributed by atoms with E-state index in [2.05, 4.69) is 0 Å². The number of hydrogen-bond acceptors (Lipinski definition) is 4. The third kappa shape index (κ3) is 2.40. The van der Waals surface area contributed by atoms with Crippen molar-refractivity contribution >= 4 is 23.2 Å². The van der Waals surface area contributed by atoms with Crippen LogP contribution in [0.5, 0.6) is 23.0 Å². The van der Waals surface area contributed by atoms with E-state index in [0.29, 0.717) is 34.1 Å². The summed E-state index contributed by atoms with van der Waals surface area (Å²) < 4.78 is 21.4. The molecule has 0 atom stereocenters. The van der Waals surface area contributed by atoms with Gasteiger partial charge in [0.05, 0.1) is 51.3 Å². The van der Waals surface area contributed by atoms with Gasteiger partial charge in [0.25, 0.3) is 0 Å². The van der Waals surface area contributed by atoms with E-state index in [1.165, 1.54) is 28.4 Å². The fourth-order valence-corrected chi connectivity index (χ4v) is 2.35. The van der Waals surface area contributed by atoms with Gasteiger partial charge in [-0.1, -0.05) is 0 Å². The molecule has 0 radical (unpaired) electrons. The van der Waals surface area contributed by atoms with Crippen molar-refractivity contribution in [2.45, 2.75) is 11.8 Å². The lowest BCUT2D eigenvalue weighted by Gasteiger charge is -2.21. The molecular weight excluding hydrogens is 279 g/mol. The Hall–Kier alpha value is -1.00. The van der Waals surface area contributed by atoms with E-state index in [0.717, 1.165) is 0 Å². The number of rotatable bonds is 6. The van der Waals surface area contributed by atoms with Crippen molar-refractivity contribution in [1.82, 2.24) is 0 Å². The lowest BCUT2D eigenvalue weighted by atomic mass is 10.1. The molecule has 1 aromatic carbocycles. The van der Waals surface area contributed by atoms with Crippen LogP contribution < -0.4 is 18.9 Å². The van der Waals surface area contributed by atoms with Gasteiger partial charge >= 0.3 is 0 Å². The van der Waals surface area contributed by atoms with Gasteiger partial charge in [-0.3, -0.25) is 0 Å². The van der Waals surface area contributed by atoms with Gasteiger partial charge in [-0.25, -0.2) is 0 Å². The zero-order valence-electron chi connectivity index (χ0n) is 10.8. The molecule has 102 valence electrons. The fourth-order valence-electron chi connectivity index (χ4n) is 1.86. The molecule has 18 heavy (non-hydrogen) atoms. The zero-order valence-corrected chi connectivity index (χ0v) is 12.3. The van der Waals surface area contributed by atoms with E-state index in [4.69, 9.17) is 42.1 Å². The van der Waals surface area contributed by atoms with E-state index in [1.54, 1.807) is 0 Å². The molecule has 0 spiro atoms. The lowest BCUT2D eigenvalue weighted by molar-refractivity contribution is 0.321. The Morgan fingerprint density at radius 1 is 0.611 bits per heavy atom. The molecule has 0 N–H and O–H groups in total. The number of alkyl halides is 2. The normalized spacial score (nSPS) is 10.1. The third-order valence-corrected chi connectivity index (χ3v) is 3.13. The summed E-state index contributed by atoms with van der Waals surface area (Å²) in [6.07, 6.45) is 0. The number of methoxy groups -OCH3 is 4. The van der Waals surface area contributed by atoms with Gasteiger partial charge in [0.1, 0.15) is 0 Å². The Morgan fingerprint density at radius 2 is 0.833 bits per heavy atom. The first-order chi connectivity index (χ1) is 8.69. The highest BCUT2D eigenvalue weighted by atomic mass is 35.5. The molecule has 0 saturated carbocycles. The van der Waals surface area contributed by atoms with Crippen LogP contribution in [0.25, 0.3) is 0 Å². The molecule has 4 nitrogen and oxygen atoms in total. The summed E-state index contributed by atoms with van der Waals surface area (Å²) in [7, 11) is 6.16. The van der Waals surface area contributed by atoms with Crippen LogP contribution in [0.15, 0.2) is 0 Å². The first-order valence-corrected chi connectivity index (χ1v) is 6.26. The molecule has 0 unspecified atom stereocenters. The Balaban J connectivity index is 3.71. The predicted octanol–water partition coefficient (Wildman–Crippen LogP) is 3.20. The first-order valence-electron chi connectivity index (χ1n) is 5.19. The number of halogens is 2. The smallest absolute Gasteiger partial charge is 0.169 e. The average molecular weight is 295 g/mol. The molecule has 0 fully saturated rings.